The molecule has 0 radical (unpaired) electrons. The van der Waals surface area contributed by atoms with Crippen molar-refractivity contribution in [2.24, 2.45) is 0 Å². The van der Waals surface area contributed by atoms with Gasteiger partial charge in [0.2, 0.25) is 0 Å². The largest absolute Gasteiger partial charge is 0.493 e. The van der Waals surface area contributed by atoms with Crippen molar-refractivity contribution in [2.75, 3.05) is 19.0 Å². The van der Waals surface area contributed by atoms with Crippen molar-refractivity contribution < 1.29 is 14.3 Å². The molecule has 0 fully saturated rings. The number of benzene rings is 2. The summed E-state index contributed by atoms with van der Waals surface area (Å²) in [7, 11) is 1.59. The molecule has 0 aliphatic carbocycles. The second-order valence-corrected chi connectivity index (χ2v) is 8.33. The Morgan fingerprint density at radius 2 is 1.90 bits per heavy atom. The molecule has 5 nitrogen and oxygen atoms in total. The van der Waals surface area contributed by atoms with Crippen LogP contribution in [0.2, 0.25) is 0 Å². The van der Waals surface area contributed by atoms with Crippen LogP contribution in [0, 0.1) is 6.92 Å². The van der Waals surface area contributed by atoms with Crippen molar-refractivity contribution >= 4 is 38.9 Å². The number of thiophene rings is 1. The predicted molar refractivity (Wildman–Crippen MR) is 121 cm³/mol. The van der Waals surface area contributed by atoms with Gasteiger partial charge in [-0.05, 0) is 42.6 Å². The number of hydrogen-bond acceptors (Lipinski definition) is 5. The first kappa shape index (κ1) is 21.4. The van der Waals surface area contributed by atoms with E-state index < -0.39 is 0 Å². The van der Waals surface area contributed by atoms with Gasteiger partial charge in [-0.3, -0.25) is 4.79 Å². The van der Waals surface area contributed by atoms with Gasteiger partial charge in [-0.25, -0.2) is 0 Å². The van der Waals surface area contributed by atoms with Crippen LogP contribution in [0.3, 0.4) is 0 Å². The molecule has 1 amide bonds. The molecule has 0 aliphatic heterocycles. The number of ether oxygens (including phenoxy) is 2. The summed E-state index contributed by atoms with van der Waals surface area (Å²) in [4.78, 5) is 13.6. The van der Waals surface area contributed by atoms with E-state index in [1.165, 1.54) is 4.88 Å². The van der Waals surface area contributed by atoms with Gasteiger partial charge in [-0.1, -0.05) is 39.7 Å². The van der Waals surface area contributed by atoms with E-state index in [0.29, 0.717) is 18.0 Å². The summed E-state index contributed by atoms with van der Waals surface area (Å²) in [5, 5.41) is 8.31. The van der Waals surface area contributed by atoms with Gasteiger partial charge >= 0.3 is 0 Å². The number of aryl methyl sites for hydroxylation is 1. The van der Waals surface area contributed by atoms with Crippen LogP contribution in [0.1, 0.15) is 16.0 Å². The minimum absolute atomic E-state index is 0.112. The Bertz CT molecular complexity index is 943. The predicted octanol–water partition coefficient (Wildman–Crippen LogP) is 5.13. The number of anilines is 1. The topological polar surface area (TPSA) is 59.6 Å². The van der Waals surface area contributed by atoms with Crippen LogP contribution in [0.5, 0.6) is 11.5 Å². The molecule has 29 heavy (non-hydrogen) atoms. The summed E-state index contributed by atoms with van der Waals surface area (Å²) >= 11 is 5.29. The van der Waals surface area contributed by atoms with Gasteiger partial charge in [-0.15, -0.1) is 11.3 Å². The van der Waals surface area contributed by atoms with E-state index in [0.717, 1.165) is 27.8 Å². The minimum Gasteiger partial charge on any atom is -0.493 e. The van der Waals surface area contributed by atoms with Crippen molar-refractivity contribution in [3.63, 3.8) is 0 Å². The number of methoxy groups -OCH3 is 1. The Labute approximate surface area is 183 Å². The number of hydrogen-bond donors (Lipinski definition) is 2. The minimum atomic E-state index is -0.228. The number of carbonyl (C=O) groups excluding carboxylic acids is 1. The van der Waals surface area contributed by atoms with Crippen molar-refractivity contribution in [3.8, 4) is 11.5 Å². The third-order valence-corrected chi connectivity index (χ3v) is 5.87. The second kappa shape index (κ2) is 10.4. The zero-order valence-corrected chi connectivity index (χ0v) is 18.7. The lowest BCUT2D eigenvalue weighted by Gasteiger charge is -2.17. The van der Waals surface area contributed by atoms with E-state index in [1.807, 2.05) is 49.4 Å². The third kappa shape index (κ3) is 6.06. The highest BCUT2D eigenvalue weighted by Gasteiger charge is 2.16. The first-order chi connectivity index (χ1) is 14.1. The number of nitrogens with one attached hydrogen (secondary N) is 2. The summed E-state index contributed by atoms with van der Waals surface area (Å²) in [6.45, 7) is 3.22. The average Bonchev–Trinajstić information content (AvgIpc) is 3.23. The first-order valence-corrected chi connectivity index (χ1v) is 10.8. The Balaban J connectivity index is 1.66. The Morgan fingerprint density at radius 1 is 1.10 bits per heavy atom. The van der Waals surface area contributed by atoms with Crippen LogP contribution >= 0.6 is 27.3 Å². The SMILES string of the molecule is COc1ccc(Br)c(CNCc2cccs2)c1OCC(=O)Nc1ccc(C)cc1. The first-order valence-electron chi connectivity index (χ1n) is 9.14. The maximum Gasteiger partial charge on any atom is 0.262 e. The quantitative estimate of drug-likeness (QED) is 0.450. The zero-order valence-electron chi connectivity index (χ0n) is 16.3. The molecule has 2 N–H and O–H groups in total. The fourth-order valence-corrected chi connectivity index (χ4v) is 3.89. The summed E-state index contributed by atoms with van der Waals surface area (Å²) in [5.74, 6) is 0.914. The smallest absolute Gasteiger partial charge is 0.262 e. The Hall–Kier alpha value is -2.35. The van der Waals surface area contributed by atoms with Gasteiger partial charge in [0, 0.05) is 33.7 Å². The van der Waals surface area contributed by atoms with Gasteiger partial charge in [0.25, 0.3) is 5.91 Å². The molecule has 0 spiro atoms. The van der Waals surface area contributed by atoms with Gasteiger partial charge < -0.3 is 20.1 Å². The van der Waals surface area contributed by atoms with Crippen LogP contribution in [0.15, 0.2) is 58.4 Å². The van der Waals surface area contributed by atoms with Crippen molar-refractivity contribution in [3.05, 3.63) is 74.4 Å². The highest BCUT2D eigenvalue weighted by Crippen LogP contribution is 2.36. The van der Waals surface area contributed by atoms with Crippen molar-refractivity contribution in [2.45, 2.75) is 20.0 Å². The normalized spacial score (nSPS) is 10.6. The van der Waals surface area contributed by atoms with Crippen LogP contribution < -0.4 is 20.1 Å². The fourth-order valence-electron chi connectivity index (χ4n) is 2.76. The van der Waals surface area contributed by atoms with E-state index in [2.05, 4.69) is 38.0 Å². The molecule has 2 aromatic carbocycles. The molecule has 0 saturated heterocycles. The van der Waals surface area contributed by atoms with Gasteiger partial charge in [0.1, 0.15) is 0 Å². The molecular formula is C22H23BrN2O3S. The lowest BCUT2D eigenvalue weighted by atomic mass is 10.2. The Kier molecular flexibility index (Phi) is 7.69. The molecule has 0 unspecified atom stereocenters. The summed E-state index contributed by atoms with van der Waals surface area (Å²) in [5.41, 5.74) is 2.78. The van der Waals surface area contributed by atoms with E-state index in [1.54, 1.807) is 18.4 Å². The molecule has 7 heteroatoms. The number of rotatable bonds is 9. The van der Waals surface area contributed by atoms with E-state index in [-0.39, 0.29) is 12.5 Å². The van der Waals surface area contributed by atoms with Gasteiger partial charge in [0.05, 0.1) is 7.11 Å². The standard InChI is InChI=1S/C22H23BrN2O3S/c1-15-5-7-16(8-6-15)25-21(26)14-28-22-18(19(23)9-10-20(22)27-2)13-24-12-17-4-3-11-29-17/h3-11,24H,12-14H2,1-2H3,(H,25,26). The maximum absolute atomic E-state index is 12.3. The second-order valence-electron chi connectivity index (χ2n) is 6.44. The maximum atomic E-state index is 12.3. The molecule has 0 atom stereocenters. The molecule has 152 valence electrons. The highest BCUT2D eigenvalue weighted by atomic mass is 79.9. The molecule has 1 heterocycles. The Morgan fingerprint density at radius 3 is 2.59 bits per heavy atom. The van der Waals surface area contributed by atoms with Crippen LogP contribution in [0.4, 0.5) is 5.69 Å². The number of carbonyl (C=O) groups is 1. The summed E-state index contributed by atoms with van der Waals surface area (Å²) in [6, 6.07) is 15.5. The van der Waals surface area contributed by atoms with Crippen LogP contribution in [-0.4, -0.2) is 19.6 Å². The molecule has 0 aliphatic rings. The molecule has 0 bridgehead atoms. The van der Waals surface area contributed by atoms with Crippen molar-refractivity contribution in [1.82, 2.24) is 5.32 Å². The van der Waals surface area contributed by atoms with Crippen LogP contribution in [-0.2, 0) is 17.9 Å². The van der Waals surface area contributed by atoms with Gasteiger partial charge in [-0.2, -0.15) is 0 Å². The third-order valence-electron chi connectivity index (χ3n) is 4.25. The lowest BCUT2D eigenvalue weighted by molar-refractivity contribution is -0.118. The monoisotopic (exact) mass is 474 g/mol. The molecular weight excluding hydrogens is 452 g/mol. The van der Waals surface area contributed by atoms with E-state index in [4.69, 9.17) is 9.47 Å². The molecule has 0 saturated carbocycles. The van der Waals surface area contributed by atoms with Crippen LogP contribution in [0.25, 0.3) is 0 Å². The fraction of sp³-hybridized carbons (Fsp3) is 0.227. The van der Waals surface area contributed by atoms with Crippen molar-refractivity contribution in [1.29, 1.82) is 0 Å². The molecule has 3 rings (SSSR count). The average molecular weight is 475 g/mol. The summed E-state index contributed by atoms with van der Waals surface area (Å²) < 4.78 is 12.2. The van der Waals surface area contributed by atoms with E-state index >= 15 is 0 Å². The highest BCUT2D eigenvalue weighted by molar-refractivity contribution is 9.10. The molecule has 1 aromatic heterocycles. The lowest BCUT2D eigenvalue weighted by Crippen LogP contribution is -2.21. The van der Waals surface area contributed by atoms with Gasteiger partial charge in [0.15, 0.2) is 18.1 Å². The summed E-state index contributed by atoms with van der Waals surface area (Å²) in [6.07, 6.45) is 0. The van der Waals surface area contributed by atoms with E-state index in [9.17, 15) is 4.79 Å². The molecule has 3 aromatic rings. The number of halogens is 1. The zero-order chi connectivity index (χ0) is 20.6. The number of amides is 1.